The average molecular weight is 351 g/mol. The van der Waals surface area contributed by atoms with Gasteiger partial charge in [-0.3, -0.25) is 9.59 Å². The number of benzene rings is 1. The van der Waals surface area contributed by atoms with Gasteiger partial charge >= 0.3 is 5.97 Å². The summed E-state index contributed by atoms with van der Waals surface area (Å²) in [5, 5.41) is 13.3. The van der Waals surface area contributed by atoms with E-state index in [1.807, 2.05) is 12.1 Å². The van der Waals surface area contributed by atoms with Gasteiger partial charge in [0, 0.05) is 17.1 Å². The lowest BCUT2D eigenvalue weighted by molar-refractivity contribution is -0.143. The summed E-state index contributed by atoms with van der Waals surface area (Å²) in [4.78, 5) is 28.4. The van der Waals surface area contributed by atoms with Crippen LogP contribution in [0.5, 0.6) is 0 Å². The van der Waals surface area contributed by atoms with E-state index in [9.17, 15) is 9.59 Å². The summed E-state index contributed by atoms with van der Waals surface area (Å²) in [6, 6.07) is 7.26. The monoisotopic (exact) mass is 350 g/mol. The fourth-order valence-corrected chi connectivity index (χ4v) is 3.38. The molecule has 23 heavy (non-hydrogen) atoms. The molecule has 1 aromatic heterocycles. The maximum atomic E-state index is 12.3. The van der Waals surface area contributed by atoms with Crippen LogP contribution in [0.4, 0.5) is 0 Å². The topological polar surface area (TPSA) is 79.3 Å². The van der Waals surface area contributed by atoms with Crippen molar-refractivity contribution in [3.63, 3.8) is 0 Å². The fourth-order valence-electron chi connectivity index (χ4n) is 2.27. The van der Waals surface area contributed by atoms with Crippen molar-refractivity contribution in [3.05, 3.63) is 39.9 Å². The second kappa shape index (κ2) is 5.94. The number of hydrogen-bond donors (Lipinski definition) is 2. The van der Waals surface area contributed by atoms with Crippen LogP contribution in [0.1, 0.15) is 28.2 Å². The number of nitrogens with one attached hydrogen (secondary N) is 1. The number of aromatic nitrogens is 1. The van der Waals surface area contributed by atoms with Crippen molar-refractivity contribution in [3.8, 4) is 10.6 Å². The van der Waals surface area contributed by atoms with Gasteiger partial charge in [0.1, 0.15) is 9.88 Å². The zero-order valence-electron chi connectivity index (χ0n) is 12.4. The largest absolute Gasteiger partial charge is 0.481 e. The van der Waals surface area contributed by atoms with Crippen LogP contribution in [0.15, 0.2) is 24.3 Å². The maximum Gasteiger partial charge on any atom is 0.311 e. The van der Waals surface area contributed by atoms with Crippen LogP contribution >= 0.6 is 22.9 Å². The number of carbonyl (C=O) groups excluding carboxylic acids is 1. The molecule has 1 aromatic carbocycles. The lowest BCUT2D eigenvalue weighted by Crippen LogP contribution is -2.34. The first-order valence-corrected chi connectivity index (χ1v) is 8.36. The normalized spacial score (nSPS) is 15.2. The minimum Gasteiger partial charge on any atom is -0.481 e. The van der Waals surface area contributed by atoms with Gasteiger partial charge in [-0.2, -0.15) is 0 Å². The molecule has 0 bridgehead atoms. The van der Waals surface area contributed by atoms with E-state index in [4.69, 9.17) is 16.7 Å². The number of thiazole rings is 1. The molecular formula is C16H15ClN2O3S. The molecule has 0 aliphatic heterocycles. The van der Waals surface area contributed by atoms with Gasteiger partial charge in [-0.25, -0.2) is 4.98 Å². The molecule has 2 aromatic rings. The number of halogens is 1. The molecule has 1 fully saturated rings. The predicted molar refractivity (Wildman–Crippen MR) is 88.9 cm³/mol. The summed E-state index contributed by atoms with van der Waals surface area (Å²) in [6.07, 6.45) is 1.22. The van der Waals surface area contributed by atoms with Crippen molar-refractivity contribution in [2.45, 2.75) is 19.8 Å². The van der Waals surface area contributed by atoms with E-state index in [1.165, 1.54) is 11.3 Å². The van der Waals surface area contributed by atoms with Crippen LogP contribution in [0.3, 0.4) is 0 Å². The predicted octanol–water partition coefficient (Wildman–Crippen LogP) is 3.37. The van der Waals surface area contributed by atoms with E-state index >= 15 is 0 Å². The molecular weight excluding hydrogens is 336 g/mol. The highest BCUT2D eigenvalue weighted by molar-refractivity contribution is 7.17. The average Bonchev–Trinajstić information content (AvgIpc) is 3.22. The molecule has 120 valence electrons. The number of aryl methyl sites for hydroxylation is 1. The van der Waals surface area contributed by atoms with Crippen LogP contribution in [0, 0.1) is 12.3 Å². The van der Waals surface area contributed by atoms with E-state index < -0.39 is 11.4 Å². The molecule has 1 aliphatic rings. The highest BCUT2D eigenvalue weighted by Crippen LogP contribution is 2.45. The van der Waals surface area contributed by atoms with Crippen molar-refractivity contribution in [2.75, 3.05) is 6.54 Å². The van der Waals surface area contributed by atoms with Gasteiger partial charge in [0.15, 0.2) is 0 Å². The van der Waals surface area contributed by atoms with Gasteiger partial charge in [0.25, 0.3) is 5.91 Å². The smallest absolute Gasteiger partial charge is 0.311 e. The Morgan fingerprint density at radius 2 is 2.00 bits per heavy atom. The third kappa shape index (κ3) is 3.23. The lowest BCUT2D eigenvalue weighted by atomic mass is 10.1. The van der Waals surface area contributed by atoms with Crippen LogP contribution in [-0.2, 0) is 4.79 Å². The van der Waals surface area contributed by atoms with E-state index in [-0.39, 0.29) is 12.5 Å². The Hall–Kier alpha value is -1.92. The molecule has 0 radical (unpaired) electrons. The second-order valence-electron chi connectivity index (χ2n) is 5.71. The zero-order valence-corrected chi connectivity index (χ0v) is 14.0. The minimum atomic E-state index is -0.847. The Labute approximate surface area is 142 Å². The Balaban J connectivity index is 1.74. The van der Waals surface area contributed by atoms with Crippen LogP contribution in [0.25, 0.3) is 10.6 Å². The maximum absolute atomic E-state index is 12.3. The molecule has 1 heterocycles. The number of rotatable bonds is 5. The number of carbonyl (C=O) groups is 2. The molecule has 1 saturated carbocycles. The van der Waals surface area contributed by atoms with Gasteiger partial charge in [-0.15, -0.1) is 11.3 Å². The quantitative estimate of drug-likeness (QED) is 0.866. The molecule has 5 nitrogen and oxygen atoms in total. The Morgan fingerprint density at radius 3 is 2.57 bits per heavy atom. The number of hydrogen-bond acceptors (Lipinski definition) is 4. The van der Waals surface area contributed by atoms with E-state index in [0.717, 1.165) is 10.6 Å². The summed E-state index contributed by atoms with van der Waals surface area (Å²) in [5.41, 5.74) is 0.760. The van der Waals surface area contributed by atoms with Crippen molar-refractivity contribution in [1.82, 2.24) is 10.3 Å². The highest BCUT2D eigenvalue weighted by atomic mass is 35.5. The van der Waals surface area contributed by atoms with Crippen molar-refractivity contribution >= 4 is 34.8 Å². The van der Waals surface area contributed by atoms with E-state index in [1.54, 1.807) is 19.1 Å². The van der Waals surface area contributed by atoms with Crippen molar-refractivity contribution < 1.29 is 14.7 Å². The molecule has 1 aliphatic carbocycles. The first-order valence-electron chi connectivity index (χ1n) is 7.16. The van der Waals surface area contributed by atoms with Crippen LogP contribution in [-0.4, -0.2) is 28.5 Å². The third-order valence-corrected chi connectivity index (χ3v) is 5.45. The zero-order chi connectivity index (χ0) is 16.6. The summed E-state index contributed by atoms with van der Waals surface area (Å²) in [5.74, 6) is -1.12. The third-order valence-electron chi connectivity index (χ3n) is 3.99. The number of carboxylic acid groups (broad SMARTS) is 1. The summed E-state index contributed by atoms with van der Waals surface area (Å²) >= 11 is 7.16. The van der Waals surface area contributed by atoms with Gasteiger partial charge in [-0.1, -0.05) is 23.7 Å². The molecule has 0 atom stereocenters. The Morgan fingerprint density at radius 1 is 1.35 bits per heavy atom. The SMILES string of the molecule is Cc1nc(-c2ccc(Cl)cc2)sc1C(=O)NCC1(C(=O)O)CC1. The van der Waals surface area contributed by atoms with Gasteiger partial charge in [-0.05, 0) is 31.9 Å². The molecule has 0 saturated heterocycles. The van der Waals surface area contributed by atoms with Crippen LogP contribution in [0.2, 0.25) is 5.02 Å². The number of aliphatic carboxylic acids is 1. The first-order chi connectivity index (χ1) is 10.9. The summed E-state index contributed by atoms with van der Waals surface area (Å²) < 4.78 is 0. The second-order valence-corrected chi connectivity index (χ2v) is 7.14. The van der Waals surface area contributed by atoms with Crippen molar-refractivity contribution in [1.29, 1.82) is 0 Å². The summed E-state index contributed by atoms with van der Waals surface area (Å²) in [7, 11) is 0. The summed E-state index contributed by atoms with van der Waals surface area (Å²) in [6.45, 7) is 1.93. The molecule has 2 N–H and O–H groups in total. The van der Waals surface area contributed by atoms with E-state index in [0.29, 0.717) is 28.4 Å². The number of carboxylic acids is 1. The lowest BCUT2D eigenvalue weighted by Gasteiger charge is -2.10. The standard InChI is InChI=1S/C16H15ClN2O3S/c1-9-12(13(20)18-8-16(6-7-16)15(21)22)23-14(19-9)10-2-4-11(17)5-3-10/h2-5H,6-8H2,1H3,(H,18,20)(H,21,22). The van der Waals surface area contributed by atoms with Gasteiger partial charge in [0.05, 0.1) is 11.1 Å². The Bertz CT molecular complexity index is 766. The van der Waals surface area contributed by atoms with Gasteiger partial charge < -0.3 is 10.4 Å². The van der Waals surface area contributed by atoms with Gasteiger partial charge in [0.2, 0.25) is 0 Å². The number of amides is 1. The Kier molecular flexibility index (Phi) is 4.12. The molecule has 3 rings (SSSR count). The highest BCUT2D eigenvalue weighted by Gasteiger charge is 2.50. The van der Waals surface area contributed by atoms with Crippen LogP contribution < -0.4 is 5.32 Å². The van der Waals surface area contributed by atoms with Crippen molar-refractivity contribution in [2.24, 2.45) is 5.41 Å². The molecule has 1 amide bonds. The first kappa shape index (κ1) is 16.0. The molecule has 7 heteroatoms. The minimum absolute atomic E-state index is 0.161. The fraction of sp³-hybridized carbons (Fsp3) is 0.312. The molecule has 0 unspecified atom stereocenters. The molecule has 0 spiro atoms. The van der Waals surface area contributed by atoms with E-state index in [2.05, 4.69) is 10.3 Å². The number of nitrogens with zero attached hydrogens (tertiary/aromatic N) is 1.